The van der Waals surface area contributed by atoms with Crippen molar-refractivity contribution in [2.24, 2.45) is 0 Å². The lowest BCUT2D eigenvalue weighted by Crippen LogP contribution is -2.34. The summed E-state index contributed by atoms with van der Waals surface area (Å²) in [6, 6.07) is 5.18. The average molecular weight is 278 g/mol. The molecule has 3 nitrogen and oxygen atoms in total. The zero-order chi connectivity index (χ0) is 15.1. The number of methoxy groups -OCH3 is 1. The molecule has 0 aliphatic heterocycles. The molecule has 0 unspecified atom stereocenters. The first-order chi connectivity index (χ1) is 9.53. The van der Waals surface area contributed by atoms with E-state index in [1.165, 1.54) is 13.2 Å². The minimum atomic E-state index is -0.351. The van der Waals surface area contributed by atoms with Crippen LogP contribution >= 0.6 is 0 Å². The summed E-state index contributed by atoms with van der Waals surface area (Å²) in [5.41, 5.74) is 1.96. The molecule has 1 aromatic rings. The Balaban J connectivity index is 3.05. The van der Waals surface area contributed by atoms with E-state index in [2.05, 4.69) is 30.6 Å². The Bertz CT molecular complexity index is 483. The Hall–Kier alpha value is -1.97. The third kappa shape index (κ3) is 4.02. The molecule has 1 N–H and O–H groups in total. The molecule has 0 aliphatic rings. The predicted molar refractivity (Wildman–Crippen MR) is 82.5 cm³/mol. The maximum absolute atomic E-state index is 13.5. The molecule has 0 heterocycles. The number of hydrogen-bond acceptors (Lipinski definition) is 3. The van der Waals surface area contributed by atoms with Crippen molar-refractivity contribution in [3.05, 3.63) is 48.6 Å². The zero-order valence-corrected chi connectivity index (χ0v) is 12.6. The Morgan fingerprint density at radius 1 is 1.50 bits per heavy atom. The van der Waals surface area contributed by atoms with Gasteiger partial charge in [-0.1, -0.05) is 12.7 Å². The standard InChI is InChI=1S/C16H23FN2O/c1-6-13(18-7-2)11-19(12(3)4)14-8-9-15(17)16(10-14)20-5/h6-10,12,18H,2,11H2,1,3-5H3/b13-6-. The van der Waals surface area contributed by atoms with Crippen molar-refractivity contribution in [2.75, 3.05) is 18.6 Å². The molecule has 110 valence electrons. The molecule has 0 aromatic heterocycles. The summed E-state index contributed by atoms with van der Waals surface area (Å²) in [7, 11) is 1.47. The van der Waals surface area contributed by atoms with Crippen LogP contribution in [0.5, 0.6) is 5.75 Å². The van der Waals surface area contributed by atoms with Gasteiger partial charge in [0, 0.05) is 23.5 Å². The third-order valence-corrected chi connectivity index (χ3v) is 3.07. The first-order valence-corrected chi connectivity index (χ1v) is 6.66. The summed E-state index contributed by atoms with van der Waals surface area (Å²) in [6.07, 6.45) is 3.65. The zero-order valence-electron chi connectivity index (χ0n) is 12.6. The molecule has 0 amide bonds. The van der Waals surface area contributed by atoms with Crippen LogP contribution in [-0.4, -0.2) is 19.7 Å². The van der Waals surface area contributed by atoms with Crippen molar-refractivity contribution in [1.29, 1.82) is 0 Å². The van der Waals surface area contributed by atoms with Gasteiger partial charge >= 0.3 is 0 Å². The van der Waals surface area contributed by atoms with Crippen LogP contribution in [-0.2, 0) is 0 Å². The van der Waals surface area contributed by atoms with E-state index >= 15 is 0 Å². The Kier molecular flexibility index (Phi) is 6.10. The molecule has 1 rings (SSSR count). The summed E-state index contributed by atoms with van der Waals surface area (Å²) in [5.74, 6) is -0.0951. The topological polar surface area (TPSA) is 24.5 Å². The van der Waals surface area contributed by atoms with E-state index < -0.39 is 0 Å². The van der Waals surface area contributed by atoms with Gasteiger partial charge in [-0.3, -0.25) is 0 Å². The number of benzene rings is 1. The van der Waals surface area contributed by atoms with E-state index in [1.807, 2.05) is 13.0 Å². The average Bonchev–Trinajstić information content (AvgIpc) is 2.44. The van der Waals surface area contributed by atoms with Gasteiger partial charge in [0.1, 0.15) is 0 Å². The monoisotopic (exact) mass is 278 g/mol. The first-order valence-electron chi connectivity index (χ1n) is 6.66. The van der Waals surface area contributed by atoms with E-state index in [-0.39, 0.29) is 17.6 Å². The van der Waals surface area contributed by atoms with Crippen molar-refractivity contribution < 1.29 is 9.13 Å². The van der Waals surface area contributed by atoms with Gasteiger partial charge in [-0.05, 0) is 39.1 Å². The van der Waals surface area contributed by atoms with Gasteiger partial charge in [-0.25, -0.2) is 4.39 Å². The number of nitrogens with one attached hydrogen (secondary N) is 1. The molecule has 0 bridgehead atoms. The van der Waals surface area contributed by atoms with Crippen molar-refractivity contribution in [2.45, 2.75) is 26.8 Å². The van der Waals surface area contributed by atoms with Crippen LogP contribution in [0.2, 0.25) is 0 Å². The number of allylic oxidation sites excluding steroid dienone is 1. The van der Waals surface area contributed by atoms with Crippen LogP contribution in [0.1, 0.15) is 20.8 Å². The quantitative estimate of drug-likeness (QED) is 0.823. The fourth-order valence-corrected chi connectivity index (χ4v) is 1.93. The highest BCUT2D eigenvalue weighted by molar-refractivity contribution is 5.53. The van der Waals surface area contributed by atoms with Gasteiger partial charge < -0.3 is 15.0 Å². The fraction of sp³-hybridized carbons (Fsp3) is 0.375. The summed E-state index contributed by atoms with van der Waals surface area (Å²) >= 11 is 0. The lowest BCUT2D eigenvalue weighted by molar-refractivity contribution is 0.386. The van der Waals surface area contributed by atoms with Crippen LogP contribution in [0.15, 0.2) is 42.8 Å². The number of rotatable bonds is 7. The fourth-order valence-electron chi connectivity index (χ4n) is 1.93. The first kappa shape index (κ1) is 16.1. The van der Waals surface area contributed by atoms with Crippen molar-refractivity contribution in [3.8, 4) is 5.75 Å². The predicted octanol–water partition coefficient (Wildman–Crippen LogP) is 3.69. The lowest BCUT2D eigenvalue weighted by atomic mass is 10.2. The molecule has 0 saturated heterocycles. The van der Waals surface area contributed by atoms with Crippen LogP contribution in [0.25, 0.3) is 0 Å². The second-order valence-corrected chi connectivity index (χ2v) is 4.70. The maximum atomic E-state index is 13.5. The molecule has 0 aliphatic carbocycles. The minimum absolute atomic E-state index is 0.256. The highest BCUT2D eigenvalue weighted by Crippen LogP contribution is 2.26. The molecule has 4 heteroatoms. The Labute approximate surface area is 120 Å². The van der Waals surface area contributed by atoms with E-state index in [0.717, 1.165) is 11.4 Å². The number of hydrogen-bond donors (Lipinski definition) is 1. The molecule has 0 fully saturated rings. The van der Waals surface area contributed by atoms with Gasteiger partial charge in [0.15, 0.2) is 11.6 Å². The Morgan fingerprint density at radius 3 is 2.70 bits per heavy atom. The summed E-state index contributed by atoms with van der Waals surface area (Å²) < 4.78 is 18.5. The van der Waals surface area contributed by atoms with E-state index in [1.54, 1.807) is 18.3 Å². The number of anilines is 1. The van der Waals surface area contributed by atoms with Crippen LogP contribution in [0.4, 0.5) is 10.1 Å². The summed E-state index contributed by atoms with van der Waals surface area (Å²) in [4.78, 5) is 2.16. The third-order valence-electron chi connectivity index (χ3n) is 3.07. The van der Waals surface area contributed by atoms with E-state index in [4.69, 9.17) is 4.74 Å². The highest BCUT2D eigenvalue weighted by atomic mass is 19.1. The van der Waals surface area contributed by atoms with Crippen LogP contribution in [0, 0.1) is 5.82 Å². The molecule has 0 saturated carbocycles. The second-order valence-electron chi connectivity index (χ2n) is 4.70. The minimum Gasteiger partial charge on any atom is -0.494 e. The van der Waals surface area contributed by atoms with E-state index in [0.29, 0.717) is 6.54 Å². The molecular formula is C16H23FN2O. The van der Waals surface area contributed by atoms with Gasteiger partial charge in [0.2, 0.25) is 0 Å². The maximum Gasteiger partial charge on any atom is 0.165 e. The van der Waals surface area contributed by atoms with Crippen molar-refractivity contribution >= 4 is 5.69 Å². The van der Waals surface area contributed by atoms with Gasteiger partial charge in [-0.2, -0.15) is 0 Å². The number of nitrogens with zero attached hydrogens (tertiary/aromatic N) is 1. The normalized spacial score (nSPS) is 11.4. The largest absolute Gasteiger partial charge is 0.494 e. The van der Waals surface area contributed by atoms with Gasteiger partial charge in [-0.15, -0.1) is 0 Å². The molecule has 0 spiro atoms. The molecule has 0 radical (unpaired) electrons. The van der Waals surface area contributed by atoms with E-state index in [9.17, 15) is 4.39 Å². The molecule has 1 aromatic carbocycles. The molecule has 0 atom stereocenters. The summed E-state index contributed by atoms with van der Waals surface area (Å²) in [5, 5.41) is 3.11. The Morgan fingerprint density at radius 2 is 2.20 bits per heavy atom. The molecule has 20 heavy (non-hydrogen) atoms. The highest BCUT2D eigenvalue weighted by Gasteiger charge is 2.14. The number of halogens is 1. The molecular weight excluding hydrogens is 255 g/mol. The number of ether oxygens (including phenoxy) is 1. The van der Waals surface area contributed by atoms with Crippen LogP contribution in [0.3, 0.4) is 0 Å². The van der Waals surface area contributed by atoms with Crippen molar-refractivity contribution in [1.82, 2.24) is 5.32 Å². The van der Waals surface area contributed by atoms with Gasteiger partial charge in [0.05, 0.1) is 13.7 Å². The van der Waals surface area contributed by atoms with Crippen LogP contribution < -0.4 is 15.0 Å². The second kappa shape index (κ2) is 7.58. The lowest BCUT2D eigenvalue weighted by Gasteiger charge is -2.30. The summed E-state index contributed by atoms with van der Waals surface area (Å²) in [6.45, 7) is 10.5. The SMILES string of the molecule is C=CN/C(=C\C)CN(c1ccc(F)c(OC)c1)C(C)C. The smallest absolute Gasteiger partial charge is 0.165 e. The van der Waals surface area contributed by atoms with Gasteiger partial charge in [0.25, 0.3) is 0 Å². The van der Waals surface area contributed by atoms with Crippen molar-refractivity contribution in [3.63, 3.8) is 0 Å².